The molecule has 1 atom stereocenters. The summed E-state index contributed by atoms with van der Waals surface area (Å²) < 4.78 is 2.19. The molecule has 34 heavy (non-hydrogen) atoms. The van der Waals surface area contributed by atoms with Gasteiger partial charge < -0.3 is 9.88 Å². The molecule has 6 nitrogen and oxygen atoms in total. The van der Waals surface area contributed by atoms with Gasteiger partial charge in [-0.2, -0.15) is 0 Å². The molecule has 2 aliphatic rings. The molecule has 5 rings (SSSR count). The molecule has 1 saturated carbocycles. The van der Waals surface area contributed by atoms with Crippen molar-refractivity contribution in [3.63, 3.8) is 0 Å². The highest BCUT2D eigenvalue weighted by atomic mass is 32.2. The van der Waals surface area contributed by atoms with Crippen molar-refractivity contribution in [1.29, 1.82) is 0 Å². The number of piperidine rings is 1. The van der Waals surface area contributed by atoms with Gasteiger partial charge in [0.25, 0.3) is 0 Å². The van der Waals surface area contributed by atoms with Crippen LogP contribution in [0.3, 0.4) is 0 Å². The van der Waals surface area contributed by atoms with Crippen LogP contribution in [0.1, 0.15) is 55.1 Å². The Morgan fingerprint density at radius 1 is 0.941 bits per heavy atom. The van der Waals surface area contributed by atoms with Gasteiger partial charge in [0.05, 0.1) is 24.9 Å². The Morgan fingerprint density at radius 3 is 2.35 bits per heavy atom. The number of carbonyl (C=O) groups is 1. The van der Waals surface area contributed by atoms with Gasteiger partial charge in [0, 0.05) is 0 Å². The van der Waals surface area contributed by atoms with Crippen LogP contribution >= 0.6 is 11.8 Å². The molecule has 1 N–H and O–H groups in total. The lowest BCUT2D eigenvalue weighted by Gasteiger charge is -2.26. The molecule has 0 radical (unpaired) electrons. The fourth-order valence-electron chi connectivity index (χ4n) is 4.69. The highest BCUT2D eigenvalue weighted by Crippen LogP contribution is 2.41. The number of hydrogen-bond donors (Lipinski definition) is 1. The third-order valence-electron chi connectivity index (χ3n) is 6.69. The van der Waals surface area contributed by atoms with Crippen LogP contribution < -0.4 is 5.32 Å². The second-order valence-corrected chi connectivity index (χ2v) is 10.3. The van der Waals surface area contributed by atoms with E-state index in [1.165, 1.54) is 55.0 Å². The molecule has 1 aliphatic carbocycles. The summed E-state index contributed by atoms with van der Waals surface area (Å²) in [6, 6.07) is 20.9. The first-order chi connectivity index (χ1) is 16.8. The quantitative estimate of drug-likeness (QED) is 0.432. The number of hydrogen-bond acceptors (Lipinski definition) is 5. The van der Waals surface area contributed by atoms with Gasteiger partial charge in [-0.3, -0.25) is 9.69 Å². The first-order valence-electron chi connectivity index (χ1n) is 12.4. The average Bonchev–Trinajstić information content (AvgIpc) is 3.66. The zero-order valence-electron chi connectivity index (χ0n) is 19.6. The number of likely N-dealkylation sites (tertiary alicyclic amines) is 1. The van der Waals surface area contributed by atoms with Crippen LogP contribution in [0, 0.1) is 5.92 Å². The fraction of sp³-hybridized carbons (Fsp3) is 0.444. The summed E-state index contributed by atoms with van der Waals surface area (Å²) in [5, 5.41) is 13.1. The summed E-state index contributed by atoms with van der Waals surface area (Å²) >= 11 is 1.49. The molecule has 7 heteroatoms. The van der Waals surface area contributed by atoms with E-state index in [0.717, 1.165) is 37.2 Å². The third-order valence-corrected chi connectivity index (χ3v) is 7.66. The molecular formula is C27H33N5OS. The largest absolute Gasteiger partial charge is 0.348 e. The molecule has 1 unspecified atom stereocenters. The molecule has 1 aromatic heterocycles. The summed E-state index contributed by atoms with van der Waals surface area (Å²) in [7, 11) is 0. The first kappa shape index (κ1) is 23.1. The van der Waals surface area contributed by atoms with E-state index in [9.17, 15) is 4.79 Å². The number of nitrogens with zero attached hydrogens (tertiary/aromatic N) is 4. The van der Waals surface area contributed by atoms with Crippen LogP contribution in [0.5, 0.6) is 0 Å². The minimum atomic E-state index is 0.0533. The number of thioether (sulfide) groups is 1. The Bertz CT molecular complexity index is 1060. The van der Waals surface area contributed by atoms with E-state index in [0.29, 0.717) is 11.7 Å². The monoisotopic (exact) mass is 475 g/mol. The molecule has 1 aliphatic heterocycles. The SMILES string of the molecule is O=C(CSc1nnc(CN2CCCCC2)n1Cc1ccccc1)NC(c1ccccc1)C1CC1. The molecule has 2 aromatic carbocycles. The first-order valence-corrected chi connectivity index (χ1v) is 13.4. The highest BCUT2D eigenvalue weighted by molar-refractivity contribution is 7.99. The average molecular weight is 476 g/mol. The van der Waals surface area contributed by atoms with E-state index in [2.05, 4.69) is 61.4 Å². The molecule has 3 aromatic rings. The molecule has 2 fully saturated rings. The normalized spacial score (nSPS) is 17.4. The third kappa shape index (κ3) is 6.07. The number of benzene rings is 2. The van der Waals surface area contributed by atoms with Crippen LogP contribution in [0.15, 0.2) is 65.8 Å². The Hall–Kier alpha value is -2.64. The van der Waals surface area contributed by atoms with Crippen molar-refractivity contribution >= 4 is 17.7 Å². The van der Waals surface area contributed by atoms with Crippen LogP contribution in [0.2, 0.25) is 0 Å². The topological polar surface area (TPSA) is 63.1 Å². The second-order valence-electron chi connectivity index (χ2n) is 9.39. The van der Waals surface area contributed by atoms with Gasteiger partial charge in [0.2, 0.25) is 5.91 Å². The maximum atomic E-state index is 12.9. The Kier molecular flexibility index (Phi) is 7.61. The smallest absolute Gasteiger partial charge is 0.230 e. The zero-order chi connectivity index (χ0) is 23.2. The van der Waals surface area contributed by atoms with E-state index in [1.54, 1.807) is 0 Å². The van der Waals surface area contributed by atoms with E-state index in [4.69, 9.17) is 0 Å². The fourth-order valence-corrected chi connectivity index (χ4v) is 5.46. The number of nitrogens with one attached hydrogen (secondary N) is 1. The summed E-state index contributed by atoms with van der Waals surface area (Å²) in [5.41, 5.74) is 2.41. The minimum absolute atomic E-state index is 0.0533. The van der Waals surface area contributed by atoms with Crippen molar-refractivity contribution in [2.45, 2.75) is 56.4 Å². The summed E-state index contributed by atoms with van der Waals surface area (Å²) in [4.78, 5) is 15.4. The van der Waals surface area contributed by atoms with E-state index < -0.39 is 0 Å². The lowest BCUT2D eigenvalue weighted by molar-refractivity contribution is -0.119. The van der Waals surface area contributed by atoms with E-state index in [-0.39, 0.29) is 11.9 Å². The molecular weight excluding hydrogens is 442 g/mol. The maximum Gasteiger partial charge on any atom is 0.230 e. The zero-order valence-corrected chi connectivity index (χ0v) is 20.4. The summed E-state index contributed by atoms with van der Waals surface area (Å²) in [5.74, 6) is 1.92. The van der Waals surface area contributed by atoms with Crippen LogP contribution in [0.4, 0.5) is 0 Å². The maximum absolute atomic E-state index is 12.9. The number of carbonyl (C=O) groups excluding carboxylic acids is 1. The molecule has 0 bridgehead atoms. The molecule has 2 heterocycles. The lowest BCUT2D eigenvalue weighted by atomic mass is 10.0. The lowest BCUT2D eigenvalue weighted by Crippen LogP contribution is -2.31. The Balaban J connectivity index is 1.27. The predicted molar refractivity (Wildman–Crippen MR) is 135 cm³/mol. The van der Waals surface area contributed by atoms with Crippen molar-refractivity contribution in [1.82, 2.24) is 25.0 Å². The molecule has 1 saturated heterocycles. The molecule has 0 spiro atoms. The van der Waals surface area contributed by atoms with E-state index >= 15 is 0 Å². The van der Waals surface area contributed by atoms with Gasteiger partial charge >= 0.3 is 0 Å². The predicted octanol–water partition coefficient (Wildman–Crippen LogP) is 4.67. The van der Waals surface area contributed by atoms with Gasteiger partial charge in [-0.25, -0.2) is 0 Å². The van der Waals surface area contributed by atoms with Crippen molar-refractivity contribution < 1.29 is 4.79 Å². The summed E-state index contributed by atoms with van der Waals surface area (Å²) in [6.45, 7) is 3.76. The van der Waals surface area contributed by atoms with Gasteiger partial charge in [0.1, 0.15) is 5.82 Å². The second kappa shape index (κ2) is 11.2. The van der Waals surface area contributed by atoms with Gasteiger partial charge in [-0.05, 0) is 55.8 Å². The van der Waals surface area contributed by atoms with Crippen molar-refractivity contribution in [3.05, 3.63) is 77.6 Å². The number of rotatable bonds is 10. The van der Waals surface area contributed by atoms with Gasteiger partial charge in [0.15, 0.2) is 5.16 Å². The van der Waals surface area contributed by atoms with Crippen molar-refractivity contribution in [3.8, 4) is 0 Å². The van der Waals surface area contributed by atoms with Gasteiger partial charge in [-0.1, -0.05) is 78.8 Å². The minimum Gasteiger partial charge on any atom is -0.348 e. The van der Waals surface area contributed by atoms with Gasteiger partial charge in [-0.15, -0.1) is 10.2 Å². The Labute approximate surface area is 206 Å². The summed E-state index contributed by atoms with van der Waals surface area (Å²) in [6.07, 6.45) is 6.17. The number of aromatic nitrogens is 3. The standard InChI is InChI=1S/C27H33N5OS/c33-25(28-26(23-14-15-23)22-12-6-2-7-13-22)20-34-27-30-29-24(19-31-16-8-3-9-17-31)32(27)18-21-10-4-1-5-11-21/h1-2,4-7,10-13,23,26H,3,8-9,14-20H2,(H,28,33). The molecule has 1 amide bonds. The van der Waals surface area contributed by atoms with Crippen molar-refractivity contribution in [2.24, 2.45) is 5.92 Å². The Morgan fingerprint density at radius 2 is 1.65 bits per heavy atom. The van der Waals surface area contributed by atoms with Crippen molar-refractivity contribution in [2.75, 3.05) is 18.8 Å². The highest BCUT2D eigenvalue weighted by Gasteiger charge is 2.33. The number of amides is 1. The van der Waals surface area contributed by atoms with Crippen LogP contribution in [0.25, 0.3) is 0 Å². The van der Waals surface area contributed by atoms with E-state index in [1.807, 2.05) is 24.3 Å². The van der Waals surface area contributed by atoms with Crippen LogP contribution in [-0.4, -0.2) is 44.4 Å². The molecule has 178 valence electrons. The van der Waals surface area contributed by atoms with Crippen LogP contribution in [-0.2, 0) is 17.9 Å².